The molecule has 0 aliphatic carbocycles. The number of hydrogen-bond acceptors (Lipinski definition) is 1. The van der Waals surface area contributed by atoms with Crippen molar-refractivity contribution in [2.75, 3.05) is 6.54 Å². The lowest BCUT2D eigenvalue weighted by atomic mass is 10.1. The number of halogens is 1. The molecule has 0 saturated heterocycles. The summed E-state index contributed by atoms with van der Waals surface area (Å²) in [4.78, 5) is 0. The largest absolute Gasteiger partial charge is 0.387 e. The van der Waals surface area contributed by atoms with E-state index in [1.54, 1.807) is 0 Å². The van der Waals surface area contributed by atoms with Gasteiger partial charge in [0, 0.05) is 6.54 Å². The lowest BCUT2D eigenvalue weighted by Gasteiger charge is -2.05. The highest BCUT2D eigenvalue weighted by Gasteiger charge is 2.03. The molecule has 1 atom stereocenters. The fourth-order valence-electron chi connectivity index (χ4n) is 0.803. The van der Waals surface area contributed by atoms with Crippen molar-refractivity contribution in [3.63, 3.8) is 0 Å². The first-order valence-corrected chi connectivity index (χ1v) is 3.32. The molecule has 0 heterocycles. The van der Waals surface area contributed by atoms with Gasteiger partial charge < -0.3 is 5.11 Å². The summed E-state index contributed by atoms with van der Waals surface area (Å²) in [5, 5.41) is 9.11. The molecular formula is C8H9FNO. The molecule has 1 aromatic rings. The number of hydrogen-bond donors (Lipinski definition) is 1. The van der Waals surface area contributed by atoms with Crippen molar-refractivity contribution in [1.29, 1.82) is 0 Å². The quantitative estimate of drug-likeness (QED) is 0.682. The van der Waals surface area contributed by atoms with Crippen molar-refractivity contribution in [3.8, 4) is 0 Å². The second-order valence-electron chi connectivity index (χ2n) is 2.27. The van der Waals surface area contributed by atoms with Crippen LogP contribution < -0.4 is 5.73 Å². The first-order chi connectivity index (χ1) is 5.24. The SMILES string of the molecule is [NH]CC(O)c1ccc(F)cc1. The average Bonchev–Trinajstić information content (AvgIpc) is 2.05. The fourth-order valence-corrected chi connectivity index (χ4v) is 0.803. The van der Waals surface area contributed by atoms with Crippen LogP contribution in [0.25, 0.3) is 0 Å². The molecule has 3 heteroatoms. The maximum Gasteiger partial charge on any atom is 0.123 e. The predicted octanol–water partition coefficient (Wildman–Crippen LogP) is 1.14. The summed E-state index contributed by atoms with van der Waals surface area (Å²) in [6.45, 7) is -0.0916. The second-order valence-corrected chi connectivity index (χ2v) is 2.27. The van der Waals surface area contributed by atoms with Crippen LogP contribution >= 0.6 is 0 Å². The van der Waals surface area contributed by atoms with Gasteiger partial charge in [0.15, 0.2) is 0 Å². The molecule has 59 valence electrons. The minimum absolute atomic E-state index is 0.0916. The Hall–Kier alpha value is -0.930. The van der Waals surface area contributed by atoms with E-state index in [0.29, 0.717) is 5.56 Å². The molecule has 0 amide bonds. The lowest BCUT2D eigenvalue weighted by molar-refractivity contribution is 0.185. The Morgan fingerprint density at radius 1 is 1.36 bits per heavy atom. The van der Waals surface area contributed by atoms with Crippen LogP contribution in [-0.4, -0.2) is 11.7 Å². The number of aliphatic hydroxyl groups is 1. The van der Waals surface area contributed by atoms with Gasteiger partial charge in [0.1, 0.15) is 5.82 Å². The van der Waals surface area contributed by atoms with Gasteiger partial charge in [-0.15, -0.1) is 0 Å². The zero-order valence-electron chi connectivity index (χ0n) is 5.92. The van der Waals surface area contributed by atoms with E-state index in [2.05, 4.69) is 0 Å². The Bertz CT molecular complexity index is 222. The number of benzene rings is 1. The molecule has 0 spiro atoms. The van der Waals surface area contributed by atoms with Crippen LogP contribution in [0, 0.1) is 5.82 Å². The van der Waals surface area contributed by atoms with E-state index in [1.807, 2.05) is 0 Å². The number of nitrogens with one attached hydrogen (secondary N) is 1. The summed E-state index contributed by atoms with van der Waals surface area (Å²) in [5.41, 5.74) is 7.44. The van der Waals surface area contributed by atoms with Gasteiger partial charge in [-0.2, -0.15) is 0 Å². The van der Waals surface area contributed by atoms with Crippen molar-refractivity contribution in [2.45, 2.75) is 6.10 Å². The molecule has 2 nitrogen and oxygen atoms in total. The summed E-state index contributed by atoms with van der Waals surface area (Å²) >= 11 is 0. The van der Waals surface area contributed by atoms with E-state index in [1.165, 1.54) is 24.3 Å². The molecule has 0 bridgehead atoms. The average molecular weight is 154 g/mol. The van der Waals surface area contributed by atoms with E-state index in [9.17, 15) is 4.39 Å². The molecule has 1 unspecified atom stereocenters. The van der Waals surface area contributed by atoms with Crippen molar-refractivity contribution in [3.05, 3.63) is 35.6 Å². The van der Waals surface area contributed by atoms with Crippen LogP contribution in [0.1, 0.15) is 11.7 Å². The van der Waals surface area contributed by atoms with E-state index < -0.39 is 6.10 Å². The van der Waals surface area contributed by atoms with Crippen molar-refractivity contribution >= 4 is 0 Å². The highest BCUT2D eigenvalue weighted by atomic mass is 19.1. The Morgan fingerprint density at radius 3 is 2.36 bits per heavy atom. The molecule has 0 aromatic heterocycles. The molecule has 0 aliphatic rings. The van der Waals surface area contributed by atoms with Crippen molar-refractivity contribution < 1.29 is 9.50 Å². The Kier molecular flexibility index (Phi) is 2.57. The maximum absolute atomic E-state index is 12.3. The summed E-state index contributed by atoms with van der Waals surface area (Å²) in [7, 11) is 0. The second kappa shape index (κ2) is 3.46. The smallest absolute Gasteiger partial charge is 0.123 e. The minimum atomic E-state index is -0.796. The third-order valence-electron chi connectivity index (χ3n) is 1.45. The Morgan fingerprint density at radius 2 is 1.91 bits per heavy atom. The van der Waals surface area contributed by atoms with Crippen LogP contribution in [0.3, 0.4) is 0 Å². The number of aliphatic hydroxyl groups excluding tert-OH is 1. The van der Waals surface area contributed by atoms with Crippen molar-refractivity contribution in [2.24, 2.45) is 0 Å². The third kappa shape index (κ3) is 2.00. The Labute approximate surface area is 64.5 Å². The molecule has 1 aromatic carbocycles. The molecular weight excluding hydrogens is 145 g/mol. The zero-order chi connectivity index (χ0) is 8.27. The van der Waals surface area contributed by atoms with Gasteiger partial charge in [-0.1, -0.05) is 12.1 Å². The standard InChI is InChI=1S/C8H9FNO/c9-7-3-1-6(2-4-7)8(11)5-10/h1-4,8,10-11H,5H2. The molecule has 0 aliphatic heterocycles. The Balaban J connectivity index is 2.81. The van der Waals surface area contributed by atoms with Gasteiger partial charge in [0.2, 0.25) is 0 Å². The van der Waals surface area contributed by atoms with E-state index in [4.69, 9.17) is 10.8 Å². The van der Waals surface area contributed by atoms with Crippen LogP contribution in [0.15, 0.2) is 24.3 Å². The predicted molar refractivity (Wildman–Crippen MR) is 39.3 cm³/mol. The summed E-state index contributed by atoms with van der Waals surface area (Å²) < 4.78 is 12.3. The summed E-state index contributed by atoms with van der Waals surface area (Å²) in [5.74, 6) is -0.328. The van der Waals surface area contributed by atoms with Gasteiger partial charge >= 0.3 is 0 Å². The molecule has 0 saturated carbocycles. The van der Waals surface area contributed by atoms with Crippen LogP contribution in [0.4, 0.5) is 4.39 Å². The third-order valence-corrected chi connectivity index (χ3v) is 1.45. The number of rotatable bonds is 2. The lowest BCUT2D eigenvalue weighted by Crippen LogP contribution is -2.03. The monoisotopic (exact) mass is 154 g/mol. The summed E-state index contributed by atoms with van der Waals surface area (Å²) in [6, 6.07) is 5.51. The molecule has 1 rings (SSSR count). The maximum atomic E-state index is 12.3. The van der Waals surface area contributed by atoms with Gasteiger partial charge in [-0.05, 0) is 17.7 Å². The van der Waals surface area contributed by atoms with Crippen LogP contribution in [-0.2, 0) is 0 Å². The summed E-state index contributed by atoms with van der Waals surface area (Å²) in [6.07, 6.45) is -0.796. The molecule has 2 N–H and O–H groups in total. The minimum Gasteiger partial charge on any atom is -0.387 e. The molecule has 0 fully saturated rings. The van der Waals surface area contributed by atoms with Crippen LogP contribution in [0.2, 0.25) is 0 Å². The first-order valence-electron chi connectivity index (χ1n) is 3.32. The topological polar surface area (TPSA) is 44.0 Å². The van der Waals surface area contributed by atoms with E-state index in [-0.39, 0.29) is 12.4 Å². The molecule has 11 heavy (non-hydrogen) atoms. The first kappa shape index (κ1) is 8.17. The normalized spacial score (nSPS) is 13.0. The van der Waals surface area contributed by atoms with Crippen molar-refractivity contribution in [1.82, 2.24) is 5.73 Å². The highest BCUT2D eigenvalue weighted by Crippen LogP contribution is 2.11. The molecule has 1 radical (unpaired) electrons. The van der Waals surface area contributed by atoms with Gasteiger partial charge in [0.05, 0.1) is 6.10 Å². The van der Waals surface area contributed by atoms with Crippen LogP contribution in [0.5, 0.6) is 0 Å². The van der Waals surface area contributed by atoms with E-state index >= 15 is 0 Å². The fraction of sp³-hybridized carbons (Fsp3) is 0.250. The van der Waals surface area contributed by atoms with Gasteiger partial charge in [-0.25, -0.2) is 4.39 Å². The van der Waals surface area contributed by atoms with E-state index in [0.717, 1.165) is 0 Å². The van der Waals surface area contributed by atoms with Gasteiger partial charge in [-0.3, -0.25) is 5.73 Å². The van der Waals surface area contributed by atoms with Gasteiger partial charge in [0.25, 0.3) is 0 Å². The zero-order valence-corrected chi connectivity index (χ0v) is 5.92. The highest BCUT2D eigenvalue weighted by molar-refractivity contribution is 5.18.